The Hall–Kier alpha value is -2.97. The second kappa shape index (κ2) is 6.03. The number of nitro benzene ring substituents is 1. The molecule has 0 bridgehead atoms. The molecule has 0 aliphatic rings. The SMILES string of the molecule is O=Cc1ccc([N+](=O)[O-])c(Oc2ccc(F)c(C(F)(F)F)c2)c1. The predicted molar refractivity (Wildman–Crippen MR) is 70.0 cm³/mol. The van der Waals surface area contributed by atoms with Crippen molar-refractivity contribution in [3.63, 3.8) is 0 Å². The van der Waals surface area contributed by atoms with Crippen molar-refractivity contribution in [2.75, 3.05) is 0 Å². The molecule has 0 aliphatic carbocycles. The van der Waals surface area contributed by atoms with E-state index in [1.165, 1.54) is 0 Å². The number of ether oxygens (including phenoxy) is 1. The van der Waals surface area contributed by atoms with Gasteiger partial charge in [-0.2, -0.15) is 13.2 Å². The summed E-state index contributed by atoms with van der Waals surface area (Å²) in [5.41, 5.74) is -2.08. The molecule has 0 aliphatic heterocycles. The minimum Gasteiger partial charge on any atom is -0.450 e. The minimum absolute atomic E-state index is 0.0313. The first-order valence-electron chi connectivity index (χ1n) is 6.00. The highest BCUT2D eigenvalue weighted by Crippen LogP contribution is 2.37. The molecule has 120 valence electrons. The van der Waals surface area contributed by atoms with Crippen LogP contribution in [0.25, 0.3) is 0 Å². The zero-order valence-corrected chi connectivity index (χ0v) is 11.1. The number of carbonyl (C=O) groups is 1. The third-order valence-electron chi connectivity index (χ3n) is 2.79. The molecule has 2 rings (SSSR count). The topological polar surface area (TPSA) is 69.4 Å². The largest absolute Gasteiger partial charge is 0.450 e. The number of alkyl halides is 3. The van der Waals surface area contributed by atoms with Gasteiger partial charge in [-0.3, -0.25) is 14.9 Å². The summed E-state index contributed by atoms with van der Waals surface area (Å²) in [6.07, 6.45) is -4.55. The minimum atomic E-state index is -4.94. The Bertz CT molecular complexity index is 774. The Morgan fingerprint density at radius 1 is 1.13 bits per heavy atom. The predicted octanol–water partition coefficient (Wildman–Crippen LogP) is 4.36. The van der Waals surface area contributed by atoms with E-state index in [0.29, 0.717) is 18.4 Å². The average molecular weight is 329 g/mol. The van der Waals surface area contributed by atoms with Crippen LogP contribution in [-0.2, 0) is 6.18 Å². The third-order valence-corrected chi connectivity index (χ3v) is 2.79. The second-order valence-corrected chi connectivity index (χ2v) is 4.34. The van der Waals surface area contributed by atoms with Gasteiger partial charge in [0.1, 0.15) is 17.9 Å². The summed E-state index contributed by atoms with van der Waals surface area (Å²) in [5.74, 6) is -2.38. The molecular weight excluding hydrogens is 322 g/mol. The molecule has 9 heteroatoms. The van der Waals surface area contributed by atoms with E-state index in [4.69, 9.17) is 4.74 Å². The van der Waals surface area contributed by atoms with Gasteiger partial charge in [0.05, 0.1) is 10.5 Å². The van der Waals surface area contributed by atoms with E-state index in [1.807, 2.05) is 0 Å². The van der Waals surface area contributed by atoms with Crippen LogP contribution >= 0.6 is 0 Å². The van der Waals surface area contributed by atoms with Crippen LogP contribution in [0.1, 0.15) is 15.9 Å². The van der Waals surface area contributed by atoms with E-state index in [2.05, 4.69) is 0 Å². The van der Waals surface area contributed by atoms with E-state index in [1.54, 1.807) is 0 Å². The van der Waals surface area contributed by atoms with Gasteiger partial charge in [-0.25, -0.2) is 4.39 Å². The second-order valence-electron chi connectivity index (χ2n) is 4.34. The van der Waals surface area contributed by atoms with Crippen LogP contribution in [0.3, 0.4) is 0 Å². The number of carbonyl (C=O) groups excluding carboxylic acids is 1. The van der Waals surface area contributed by atoms with Crippen molar-refractivity contribution in [3.8, 4) is 11.5 Å². The average Bonchev–Trinajstić information content (AvgIpc) is 2.47. The molecule has 0 fully saturated rings. The monoisotopic (exact) mass is 329 g/mol. The molecule has 0 unspecified atom stereocenters. The van der Waals surface area contributed by atoms with E-state index < -0.39 is 39.7 Å². The van der Waals surface area contributed by atoms with E-state index in [-0.39, 0.29) is 5.56 Å². The zero-order valence-electron chi connectivity index (χ0n) is 11.1. The third kappa shape index (κ3) is 3.62. The maximum Gasteiger partial charge on any atom is 0.419 e. The van der Waals surface area contributed by atoms with Crippen LogP contribution in [0.2, 0.25) is 0 Å². The molecule has 0 heterocycles. The molecule has 5 nitrogen and oxygen atoms in total. The van der Waals surface area contributed by atoms with Crippen molar-refractivity contribution in [1.82, 2.24) is 0 Å². The van der Waals surface area contributed by atoms with Crippen molar-refractivity contribution < 1.29 is 32.0 Å². The first-order valence-corrected chi connectivity index (χ1v) is 6.00. The maximum absolute atomic E-state index is 13.2. The number of halogens is 4. The maximum atomic E-state index is 13.2. The summed E-state index contributed by atoms with van der Waals surface area (Å²) in [4.78, 5) is 20.8. The van der Waals surface area contributed by atoms with E-state index >= 15 is 0 Å². The Kier molecular flexibility index (Phi) is 4.30. The molecule has 0 amide bonds. The summed E-state index contributed by atoms with van der Waals surface area (Å²) in [6, 6.07) is 4.95. The highest BCUT2D eigenvalue weighted by Gasteiger charge is 2.34. The zero-order chi connectivity index (χ0) is 17.2. The first kappa shape index (κ1) is 16.4. The van der Waals surface area contributed by atoms with Crippen LogP contribution in [0.5, 0.6) is 11.5 Å². The van der Waals surface area contributed by atoms with Crippen LogP contribution in [0.4, 0.5) is 23.2 Å². The molecule has 0 spiro atoms. The highest BCUT2D eigenvalue weighted by atomic mass is 19.4. The van der Waals surface area contributed by atoms with Gasteiger partial charge in [-0.15, -0.1) is 0 Å². The number of hydrogen-bond donors (Lipinski definition) is 0. The molecule has 0 radical (unpaired) electrons. The number of rotatable bonds is 4. The molecule has 23 heavy (non-hydrogen) atoms. The standard InChI is InChI=1S/C14H7F4NO4/c15-11-3-2-9(6-10(11)14(16,17)18)23-13-5-8(7-20)1-4-12(13)19(21)22/h1-7H. The van der Waals surface area contributed by atoms with E-state index in [9.17, 15) is 32.5 Å². The lowest BCUT2D eigenvalue weighted by Gasteiger charge is -2.11. The number of nitrogens with zero attached hydrogens (tertiary/aromatic N) is 1. The Balaban J connectivity index is 2.47. The molecule has 0 saturated carbocycles. The van der Waals surface area contributed by atoms with E-state index in [0.717, 1.165) is 24.3 Å². The number of aldehydes is 1. The molecular formula is C14H7F4NO4. The first-order chi connectivity index (χ1) is 10.7. The van der Waals surface area contributed by atoms with Crippen molar-refractivity contribution >= 4 is 12.0 Å². The Labute approximate surface area is 126 Å². The fourth-order valence-corrected chi connectivity index (χ4v) is 1.75. The lowest BCUT2D eigenvalue weighted by atomic mass is 10.2. The Morgan fingerprint density at radius 2 is 1.83 bits per heavy atom. The van der Waals surface area contributed by atoms with Crippen molar-refractivity contribution in [2.24, 2.45) is 0 Å². The fraction of sp³-hybridized carbons (Fsp3) is 0.0714. The summed E-state index contributed by atoms with van der Waals surface area (Å²) in [5, 5.41) is 10.9. The van der Waals surface area contributed by atoms with Crippen LogP contribution in [0, 0.1) is 15.9 Å². The van der Waals surface area contributed by atoms with Gasteiger partial charge in [0.15, 0.2) is 0 Å². The molecule has 0 N–H and O–H groups in total. The highest BCUT2D eigenvalue weighted by molar-refractivity contribution is 5.77. The summed E-state index contributed by atoms with van der Waals surface area (Å²) >= 11 is 0. The number of benzene rings is 2. The summed E-state index contributed by atoms with van der Waals surface area (Å²) in [7, 11) is 0. The number of hydrogen-bond acceptors (Lipinski definition) is 4. The van der Waals surface area contributed by atoms with Crippen LogP contribution in [-0.4, -0.2) is 11.2 Å². The van der Waals surface area contributed by atoms with Gasteiger partial charge in [-0.1, -0.05) is 0 Å². The van der Waals surface area contributed by atoms with Crippen LogP contribution < -0.4 is 4.74 Å². The molecule has 2 aromatic carbocycles. The molecule has 0 saturated heterocycles. The van der Waals surface area contributed by atoms with Gasteiger partial charge < -0.3 is 4.74 Å². The Morgan fingerprint density at radius 3 is 2.39 bits per heavy atom. The molecule has 2 aromatic rings. The fourth-order valence-electron chi connectivity index (χ4n) is 1.75. The van der Waals surface area contributed by atoms with Gasteiger partial charge in [0, 0.05) is 11.6 Å². The molecule has 0 atom stereocenters. The van der Waals surface area contributed by atoms with Gasteiger partial charge in [-0.05, 0) is 30.3 Å². The summed E-state index contributed by atoms with van der Waals surface area (Å²) in [6.45, 7) is 0. The van der Waals surface area contributed by atoms with Crippen molar-refractivity contribution in [2.45, 2.75) is 6.18 Å². The van der Waals surface area contributed by atoms with Crippen molar-refractivity contribution in [1.29, 1.82) is 0 Å². The summed E-state index contributed by atoms with van der Waals surface area (Å²) < 4.78 is 56.2. The van der Waals surface area contributed by atoms with Gasteiger partial charge in [0.25, 0.3) is 0 Å². The van der Waals surface area contributed by atoms with Crippen LogP contribution in [0.15, 0.2) is 36.4 Å². The van der Waals surface area contributed by atoms with Gasteiger partial charge >= 0.3 is 11.9 Å². The lowest BCUT2D eigenvalue weighted by molar-refractivity contribution is -0.385. The number of nitro groups is 1. The smallest absolute Gasteiger partial charge is 0.419 e. The molecule has 0 aromatic heterocycles. The normalized spacial score (nSPS) is 11.1. The lowest BCUT2D eigenvalue weighted by Crippen LogP contribution is -2.08. The van der Waals surface area contributed by atoms with Crippen molar-refractivity contribution in [3.05, 3.63) is 63.5 Å². The quantitative estimate of drug-likeness (QED) is 0.362. The van der Waals surface area contributed by atoms with Gasteiger partial charge in [0.2, 0.25) is 5.75 Å².